The molecule has 0 fully saturated rings. The third-order valence-electron chi connectivity index (χ3n) is 2.55. The van der Waals surface area contributed by atoms with Crippen molar-refractivity contribution in [3.8, 4) is 0 Å². The fourth-order valence-electron chi connectivity index (χ4n) is 1.95. The van der Waals surface area contributed by atoms with Crippen molar-refractivity contribution in [2.24, 2.45) is 0 Å². The molecular formula is C11H12O2S. The monoisotopic (exact) mass is 208 g/mol. The number of aliphatic carboxylic acids is 1. The zero-order chi connectivity index (χ0) is 10.1. The van der Waals surface area contributed by atoms with Gasteiger partial charge < -0.3 is 5.11 Å². The first-order valence-electron chi connectivity index (χ1n) is 4.62. The van der Waals surface area contributed by atoms with Gasteiger partial charge in [-0.05, 0) is 24.1 Å². The highest BCUT2D eigenvalue weighted by molar-refractivity contribution is 7.99. The second-order valence-corrected chi connectivity index (χ2v) is 4.65. The van der Waals surface area contributed by atoms with E-state index in [1.807, 2.05) is 6.07 Å². The average molecular weight is 208 g/mol. The summed E-state index contributed by atoms with van der Waals surface area (Å²) in [7, 11) is 0. The van der Waals surface area contributed by atoms with Crippen molar-refractivity contribution in [1.82, 2.24) is 0 Å². The van der Waals surface area contributed by atoms with Gasteiger partial charge in [-0.2, -0.15) is 0 Å². The number of fused-ring (bicyclic) bond motifs is 1. The third-order valence-corrected chi connectivity index (χ3v) is 3.79. The second kappa shape index (κ2) is 3.65. The molecule has 3 heteroatoms. The van der Waals surface area contributed by atoms with Crippen molar-refractivity contribution in [3.05, 3.63) is 29.3 Å². The quantitative estimate of drug-likeness (QED) is 0.811. The molecule has 0 aliphatic carbocycles. The van der Waals surface area contributed by atoms with Crippen molar-refractivity contribution in [1.29, 1.82) is 0 Å². The van der Waals surface area contributed by atoms with Crippen LogP contribution >= 0.6 is 11.8 Å². The minimum atomic E-state index is -0.702. The molecule has 0 saturated heterocycles. The molecule has 1 N–H and O–H groups in total. The van der Waals surface area contributed by atoms with Crippen LogP contribution in [0.2, 0.25) is 0 Å². The fourth-order valence-corrected chi connectivity index (χ4v) is 3.27. The van der Waals surface area contributed by atoms with Crippen LogP contribution in [0.15, 0.2) is 23.1 Å². The average Bonchev–Trinajstić information content (AvgIpc) is 2.49. The Bertz CT molecular complexity index is 374. The molecule has 1 aromatic rings. The Hall–Kier alpha value is -0.960. The van der Waals surface area contributed by atoms with Crippen LogP contribution in [0.5, 0.6) is 0 Å². The van der Waals surface area contributed by atoms with Crippen LogP contribution in [-0.2, 0) is 4.79 Å². The first-order chi connectivity index (χ1) is 6.68. The maximum atomic E-state index is 10.7. The van der Waals surface area contributed by atoms with E-state index in [9.17, 15) is 4.79 Å². The number of carboxylic acid groups (broad SMARTS) is 1. The standard InChI is InChI=1S/C11H12O2S/c1-7-3-2-4-9-11(7)8(6-14-9)5-10(12)13/h2-4,8H,5-6H2,1H3,(H,12,13). The Balaban J connectivity index is 2.33. The van der Waals surface area contributed by atoms with Crippen LogP contribution in [0.1, 0.15) is 23.5 Å². The number of thioether (sulfide) groups is 1. The summed E-state index contributed by atoms with van der Waals surface area (Å²) in [6, 6.07) is 6.17. The molecule has 2 rings (SSSR count). The van der Waals surface area contributed by atoms with E-state index >= 15 is 0 Å². The predicted molar refractivity (Wildman–Crippen MR) is 56.9 cm³/mol. The van der Waals surface area contributed by atoms with Gasteiger partial charge >= 0.3 is 5.97 Å². The Kier molecular flexibility index (Phi) is 2.50. The van der Waals surface area contributed by atoms with Crippen molar-refractivity contribution in [3.63, 3.8) is 0 Å². The molecule has 74 valence electrons. The molecule has 0 aromatic heterocycles. The molecule has 1 aliphatic rings. The molecule has 0 radical (unpaired) electrons. The zero-order valence-electron chi connectivity index (χ0n) is 7.99. The van der Waals surface area contributed by atoms with Gasteiger partial charge in [0, 0.05) is 16.6 Å². The number of carbonyl (C=O) groups is 1. The molecule has 1 aromatic carbocycles. The van der Waals surface area contributed by atoms with E-state index in [2.05, 4.69) is 19.1 Å². The van der Waals surface area contributed by atoms with Gasteiger partial charge in [0.25, 0.3) is 0 Å². The maximum Gasteiger partial charge on any atom is 0.303 e. The van der Waals surface area contributed by atoms with E-state index < -0.39 is 5.97 Å². The lowest BCUT2D eigenvalue weighted by Gasteiger charge is -2.10. The maximum absolute atomic E-state index is 10.7. The van der Waals surface area contributed by atoms with E-state index in [4.69, 9.17) is 5.11 Å². The van der Waals surface area contributed by atoms with Gasteiger partial charge in [0.05, 0.1) is 6.42 Å². The highest BCUT2D eigenvalue weighted by Crippen LogP contribution is 2.42. The molecule has 0 saturated carbocycles. The molecule has 1 heterocycles. The van der Waals surface area contributed by atoms with Gasteiger partial charge in [-0.25, -0.2) is 0 Å². The molecule has 14 heavy (non-hydrogen) atoms. The van der Waals surface area contributed by atoms with E-state index in [0.717, 1.165) is 5.75 Å². The number of benzene rings is 1. The van der Waals surface area contributed by atoms with Gasteiger partial charge in [-0.15, -0.1) is 11.8 Å². The summed E-state index contributed by atoms with van der Waals surface area (Å²) in [5.41, 5.74) is 2.47. The summed E-state index contributed by atoms with van der Waals surface area (Å²) >= 11 is 1.77. The van der Waals surface area contributed by atoms with E-state index in [1.165, 1.54) is 16.0 Å². The highest BCUT2D eigenvalue weighted by atomic mass is 32.2. The van der Waals surface area contributed by atoms with E-state index in [-0.39, 0.29) is 12.3 Å². The molecular weight excluding hydrogens is 196 g/mol. The van der Waals surface area contributed by atoms with Gasteiger partial charge in [-0.3, -0.25) is 4.79 Å². The molecule has 0 bridgehead atoms. The number of hydrogen-bond acceptors (Lipinski definition) is 2. The lowest BCUT2D eigenvalue weighted by molar-refractivity contribution is -0.137. The Morgan fingerprint density at radius 2 is 2.43 bits per heavy atom. The van der Waals surface area contributed by atoms with Crippen LogP contribution in [0.4, 0.5) is 0 Å². The number of rotatable bonds is 2. The minimum absolute atomic E-state index is 0.202. The minimum Gasteiger partial charge on any atom is -0.481 e. The topological polar surface area (TPSA) is 37.3 Å². The smallest absolute Gasteiger partial charge is 0.303 e. The summed E-state index contributed by atoms with van der Waals surface area (Å²) in [5.74, 6) is 0.410. The molecule has 0 spiro atoms. The molecule has 1 atom stereocenters. The lowest BCUT2D eigenvalue weighted by atomic mass is 9.94. The van der Waals surface area contributed by atoms with Gasteiger partial charge in [0.15, 0.2) is 0 Å². The van der Waals surface area contributed by atoms with Gasteiger partial charge in [-0.1, -0.05) is 12.1 Å². The zero-order valence-corrected chi connectivity index (χ0v) is 8.80. The first kappa shape index (κ1) is 9.59. The predicted octanol–water partition coefficient (Wildman–Crippen LogP) is 2.66. The third kappa shape index (κ3) is 1.64. The van der Waals surface area contributed by atoms with Crippen molar-refractivity contribution in [2.45, 2.75) is 24.2 Å². The number of hydrogen-bond donors (Lipinski definition) is 1. The van der Waals surface area contributed by atoms with Crippen LogP contribution in [0.25, 0.3) is 0 Å². The van der Waals surface area contributed by atoms with Crippen LogP contribution in [0, 0.1) is 6.92 Å². The van der Waals surface area contributed by atoms with Crippen molar-refractivity contribution >= 4 is 17.7 Å². The number of aryl methyl sites for hydroxylation is 1. The largest absolute Gasteiger partial charge is 0.481 e. The number of carboxylic acids is 1. The highest BCUT2D eigenvalue weighted by Gasteiger charge is 2.26. The summed E-state index contributed by atoms with van der Waals surface area (Å²) < 4.78 is 0. The molecule has 0 amide bonds. The van der Waals surface area contributed by atoms with E-state index in [1.54, 1.807) is 11.8 Å². The first-order valence-corrected chi connectivity index (χ1v) is 5.61. The summed E-state index contributed by atoms with van der Waals surface area (Å²) in [5, 5.41) is 8.78. The SMILES string of the molecule is Cc1cccc2c1C(CC(=O)O)CS2. The van der Waals surface area contributed by atoms with Gasteiger partial charge in [0.1, 0.15) is 0 Å². The van der Waals surface area contributed by atoms with Crippen LogP contribution in [-0.4, -0.2) is 16.8 Å². The van der Waals surface area contributed by atoms with Crippen LogP contribution < -0.4 is 0 Å². The summed E-state index contributed by atoms with van der Waals surface area (Å²) in [6.45, 7) is 2.06. The summed E-state index contributed by atoms with van der Waals surface area (Å²) in [4.78, 5) is 11.9. The lowest BCUT2D eigenvalue weighted by Crippen LogP contribution is -2.06. The Morgan fingerprint density at radius 1 is 1.64 bits per heavy atom. The van der Waals surface area contributed by atoms with Crippen molar-refractivity contribution in [2.75, 3.05) is 5.75 Å². The normalized spacial score (nSPS) is 19.4. The Morgan fingerprint density at radius 3 is 3.14 bits per heavy atom. The molecule has 1 unspecified atom stereocenters. The molecule has 1 aliphatic heterocycles. The second-order valence-electron chi connectivity index (χ2n) is 3.59. The molecule has 2 nitrogen and oxygen atoms in total. The van der Waals surface area contributed by atoms with Crippen LogP contribution in [0.3, 0.4) is 0 Å². The summed E-state index contributed by atoms with van der Waals surface area (Å²) in [6.07, 6.45) is 0.255. The van der Waals surface area contributed by atoms with Gasteiger partial charge in [0.2, 0.25) is 0 Å². The van der Waals surface area contributed by atoms with E-state index in [0.29, 0.717) is 0 Å². The van der Waals surface area contributed by atoms with Crippen molar-refractivity contribution < 1.29 is 9.90 Å². The fraction of sp³-hybridized carbons (Fsp3) is 0.364. The Labute approximate surface area is 87.3 Å².